The molecule has 2 rings (SSSR count). The van der Waals surface area contributed by atoms with Crippen LogP contribution < -0.4 is 11.1 Å². The molecular weight excluding hydrogens is 282 g/mol. The molecule has 3 amide bonds. The summed E-state index contributed by atoms with van der Waals surface area (Å²) in [5, 5.41) is 2.74. The SMILES string of the molecule is CC(C)N1C(=O)CC(NC(=O)CC2(CN)CCCCC2)C1=O. The molecule has 0 aromatic carbocycles. The van der Waals surface area contributed by atoms with Gasteiger partial charge in [0.2, 0.25) is 11.8 Å². The molecule has 1 aliphatic heterocycles. The molecule has 124 valence electrons. The summed E-state index contributed by atoms with van der Waals surface area (Å²) in [5.74, 6) is -0.667. The van der Waals surface area contributed by atoms with Gasteiger partial charge >= 0.3 is 0 Å². The van der Waals surface area contributed by atoms with E-state index in [9.17, 15) is 14.4 Å². The van der Waals surface area contributed by atoms with E-state index >= 15 is 0 Å². The van der Waals surface area contributed by atoms with Crippen molar-refractivity contribution in [3.8, 4) is 0 Å². The number of rotatable bonds is 5. The van der Waals surface area contributed by atoms with E-state index in [1.807, 2.05) is 0 Å². The van der Waals surface area contributed by atoms with Crippen LogP contribution in [0, 0.1) is 5.41 Å². The molecule has 3 N–H and O–H groups in total. The first kappa shape index (κ1) is 16.9. The van der Waals surface area contributed by atoms with Crippen molar-refractivity contribution in [1.82, 2.24) is 10.2 Å². The number of likely N-dealkylation sites (tertiary alicyclic amines) is 1. The Kier molecular flexibility index (Phi) is 5.21. The Morgan fingerprint density at radius 3 is 2.45 bits per heavy atom. The highest BCUT2D eigenvalue weighted by atomic mass is 16.2. The first-order valence-corrected chi connectivity index (χ1v) is 8.24. The van der Waals surface area contributed by atoms with Crippen molar-refractivity contribution >= 4 is 17.7 Å². The second-order valence-corrected chi connectivity index (χ2v) is 6.96. The van der Waals surface area contributed by atoms with Gasteiger partial charge in [-0.2, -0.15) is 0 Å². The van der Waals surface area contributed by atoms with Crippen molar-refractivity contribution in [3.05, 3.63) is 0 Å². The maximum absolute atomic E-state index is 12.3. The number of carbonyl (C=O) groups is 3. The molecule has 1 aliphatic carbocycles. The Balaban J connectivity index is 1.95. The second kappa shape index (κ2) is 6.77. The standard InChI is InChI=1S/C16H27N3O3/c1-11(2)19-14(21)8-12(15(19)22)18-13(20)9-16(10-17)6-4-3-5-7-16/h11-12H,3-10,17H2,1-2H3,(H,18,20). The summed E-state index contributed by atoms with van der Waals surface area (Å²) in [6.45, 7) is 4.09. The first-order chi connectivity index (χ1) is 10.4. The summed E-state index contributed by atoms with van der Waals surface area (Å²) >= 11 is 0. The van der Waals surface area contributed by atoms with Crippen LogP contribution in [0.5, 0.6) is 0 Å². The van der Waals surface area contributed by atoms with Crippen molar-refractivity contribution < 1.29 is 14.4 Å². The van der Waals surface area contributed by atoms with Crippen LogP contribution in [0.1, 0.15) is 58.8 Å². The maximum Gasteiger partial charge on any atom is 0.252 e. The van der Waals surface area contributed by atoms with Gasteiger partial charge < -0.3 is 11.1 Å². The Hall–Kier alpha value is -1.43. The quantitative estimate of drug-likeness (QED) is 0.739. The summed E-state index contributed by atoms with van der Waals surface area (Å²) in [6.07, 6.45) is 5.75. The predicted octanol–water partition coefficient (Wildman–Crippen LogP) is 0.938. The van der Waals surface area contributed by atoms with Gasteiger partial charge in [0.1, 0.15) is 6.04 Å². The predicted molar refractivity (Wildman–Crippen MR) is 82.7 cm³/mol. The molecule has 1 unspecified atom stereocenters. The number of hydrogen-bond acceptors (Lipinski definition) is 4. The largest absolute Gasteiger partial charge is 0.344 e. The van der Waals surface area contributed by atoms with Gasteiger partial charge in [0, 0.05) is 12.5 Å². The molecular formula is C16H27N3O3. The van der Waals surface area contributed by atoms with E-state index in [2.05, 4.69) is 5.32 Å². The number of carbonyl (C=O) groups excluding carboxylic acids is 3. The zero-order chi connectivity index (χ0) is 16.3. The van der Waals surface area contributed by atoms with Crippen LogP contribution in [-0.2, 0) is 14.4 Å². The zero-order valence-electron chi connectivity index (χ0n) is 13.6. The lowest BCUT2D eigenvalue weighted by molar-refractivity contribution is -0.141. The van der Waals surface area contributed by atoms with Crippen LogP contribution >= 0.6 is 0 Å². The van der Waals surface area contributed by atoms with Gasteiger partial charge in [0.05, 0.1) is 6.42 Å². The highest BCUT2D eigenvalue weighted by Gasteiger charge is 2.41. The van der Waals surface area contributed by atoms with Gasteiger partial charge in [0.25, 0.3) is 5.91 Å². The van der Waals surface area contributed by atoms with Crippen LogP contribution in [0.25, 0.3) is 0 Å². The smallest absolute Gasteiger partial charge is 0.252 e. The third kappa shape index (κ3) is 3.48. The molecule has 2 fully saturated rings. The van der Waals surface area contributed by atoms with Crippen LogP contribution in [0.4, 0.5) is 0 Å². The number of nitrogens with two attached hydrogens (primary N) is 1. The van der Waals surface area contributed by atoms with E-state index in [1.165, 1.54) is 11.3 Å². The molecule has 22 heavy (non-hydrogen) atoms. The van der Waals surface area contributed by atoms with Crippen molar-refractivity contribution in [2.24, 2.45) is 11.1 Å². The minimum absolute atomic E-state index is 0.0678. The van der Waals surface area contributed by atoms with Gasteiger partial charge in [-0.3, -0.25) is 19.3 Å². The Morgan fingerprint density at radius 1 is 1.32 bits per heavy atom. The summed E-state index contributed by atoms with van der Waals surface area (Å²) in [6, 6.07) is -0.878. The Bertz CT molecular complexity index is 456. The number of nitrogens with one attached hydrogen (secondary N) is 1. The van der Waals surface area contributed by atoms with E-state index in [4.69, 9.17) is 5.73 Å². The third-order valence-electron chi connectivity index (χ3n) is 4.92. The molecule has 2 aliphatic rings. The Morgan fingerprint density at radius 2 is 1.95 bits per heavy atom. The number of nitrogens with zero attached hydrogens (tertiary/aromatic N) is 1. The molecule has 1 saturated carbocycles. The summed E-state index contributed by atoms with van der Waals surface area (Å²) in [7, 11) is 0. The summed E-state index contributed by atoms with van der Waals surface area (Å²) in [4.78, 5) is 37.6. The third-order valence-corrected chi connectivity index (χ3v) is 4.92. The molecule has 6 heteroatoms. The minimum atomic E-state index is -0.708. The molecule has 0 radical (unpaired) electrons. The lowest BCUT2D eigenvalue weighted by Gasteiger charge is -2.35. The van der Waals surface area contributed by atoms with E-state index in [1.54, 1.807) is 13.8 Å². The van der Waals surface area contributed by atoms with E-state index in [0.717, 1.165) is 25.7 Å². The topological polar surface area (TPSA) is 92.5 Å². The highest BCUT2D eigenvalue weighted by Crippen LogP contribution is 2.38. The number of hydrogen-bond donors (Lipinski definition) is 2. The van der Waals surface area contributed by atoms with Crippen LogP contribution in [0.15, 0.2) is 0 Å². The number of amides is 3. The monoisotopic (exact) mass is 309 g/mol. The Labute approximate surface area is 131 Å². The van der Waals surface area contributed by atoms with Crippen LogP contribution in [-0.4, -0.2) is 41.2 Å². The molecule has 0 bridgehead atoms. The molecule has 0 aromatic heterocycles. The molecule has 1 saturated heterocycles. The maximum atomic E-state index is 12.3. The zero-order valence-corrected chi connectivity index (χ0v) is 13.6. The van der Waals surface area contributed by atoms with Gasteiger partial charge in [-0.25, -0.2) is 0 Å². The fourth-order valence-corrected chi connectivity index (χ4v) is 3.65. The van der Waals surface area contributed by atoms with Gasteiger partial charge in [-0.15, -0.1) is 0 Å². The summed E-state index contributed by atoms with van der Waals surface area (Å²) < 4.78 is 0. The number of imide groups is 1. The lowest BCUT2D eigenvalue weighted by atomic mass is 9.71. The van der Waals surface area contributed by atoms with Gasteiger partial charge in [-0.1, -0.05) is 19.3 Å². The fraction of sp³-hybridized carbons (Fsp3) is 0.812. The van der Waals surface area contributed by atoms with Crippen molar-refractivity contribution in [2.45, 2.75) is 70.9 Å². The van der Waals surface area contributed by atoms with E-state index < -0.39 is 6.04 Å². The van der Waals surface area contributed by atoms with Crippen molar-refractivity contribution in [3.63, 3.8) is 0 Å². The fourth-order valence-electron chi connectivity index (χ4n) is 3.65. The average Bonchev–Trinajstić information content (AvgIpc) is 2.74. The van der Waals surface area contributed by atoms with Crippen molar-refractivity contribution in [1.29, 1.82) is 0 Å². The molecule has 0 aromatic rings. The van der Waals surface area contributed by atoms with Crippen LogP contribution in [0.2, 0.25) is 0 Å². The van der Waals surface area contributed by atoms with E-state index in [0.29, 0.717) is 13.0 Å². The summed E-state index contributed by atoms with van der Waals surface area (Å²) in [5.41, 5.74) is 5.76. The highest BCUT2D eigenvalue weighted by molar-refractivity contribution is 6.07. The average molecular weight is 309 g/mol. The normalized spacial score (nSPS) is 24.9. The van der Waals surface area contributed by atoms with E-state index in [-0.39, 0.29) is 35.6 Å². The molecule has 1 atom stereocenters. The molecule has 0 spiro atoms. The first-order valence-electron chi connectivity index (χ1n) is 8.24. The lowest BCUT2D eigenvalue weighted by Crippen LogP contribution is -2.46. The molecule has 1 heterocycles. The second-order valence-electron chi connectivity index (χ2n) is 6.96. The van der Waals surface area contributed by atoms with Gasteiger partial charge in [0.15, 0.2) is 0 Å². The van der Waals surface area contributed by atoms with Crippen molar-refractivity contribution in [2.75, 3.05) is 6.54 Å². The van der Waals surface area contributed by atoms with Crippen LogP contribution in [0.3, 0.4) is 0 Å². The minimum Gasteiger partial charge on any atom is -0.344 e. The molecule has 6 nitrogen and oxygen atoms in total. The van der Waals surface area contributed by atoms with Gasteiger partial charge in [-0.05, 0) is 38.6 Å².